The molecule has 2 aliphatic rings. The molecule has 0 bridgehead atoms. The number of methoxy groups -OCH3 is 1. The number of amides is 2. The zero-order valence-electron chi connectivity index (χ0n) is 16.1. The molecule has 1 fully saturated rings. The highest BCUT2D eigenvalue weighted by Crippen LogP contribution is 2.36. The van der Waals surface area contributed by atoms with E-state index in [1.807, 2.05) is 24.3 Å². The van der Waals surface area contributed by atoms with Gasteiger partial charge in [0, 0.05) is 30.2 Å². The van der Waals surface area contributed by atoms with E-state index in [1.165, 1.54) is 0 Å². The van der Waals surface area contributed by atoms with Gasteiger partial charge in [0.1, 0.15) is 11.6 Å². The zero-order chi connectivity index (χ0) is 19.7. The molecule has 1 aromatic heterocycles. The van der Waals surface area contributed by atoms with Crippen molar-refractivity contribution in [1.82, 2.24) is 14.7 Å². The van der Waals surface area contributed by atoms with E-state index in [1.54, 1.807) is 28.5 Å². The Hall–Kier alpha value is -2.48. The molecule has 4 rings (SSSR count). The number of aromatic nitrogens is 2. The van der Waals surface area contributed by atoms with Crippen molar-refractivity contribution < 1.29 is 14.3 Å². The van der Waals surface area contributed by atoms with Crippen molar-refractivity contribution in [2.75, 3.05) is 25.5 Å². The first kappa shape index (κ1) is 18.9. The Kier molecular flexibility index (Phi) is 5.30. The van der Waals surface area contributed by atoms with Gasteiger partial charge in [-0.3, -0.25) is 9.59 Å². The number of piperidine rings is 1. The number of fused-ring (bicyclic) bond motifs is 1. The number of nitrogens with one attached hydrogen (secondary N) is 1. The lowest BCUT2D eigenvalue weighted by Gasteiger charge is -2.30. The van der Waals surface area contributed by atoms with Gasteiger partial charge in [-0.1, -0.05) is 6.92 Å². The van der Waals surface area contributed by atoms with Crippen LogP contribution in [0.4, 0.5) is 5.82 Å². The summed E-state index contributed by atoms with van der Waals surface area (Å²) in [6.07, 6.45) is 2.04. The first-order valence-electron chi connectivity index (χ1n) is 9.50. The van der Waals surface area contributed by atoms with Crippen LogP contribution >= 0.6 is 11.8 Å². The number of rotatable bonds is 3. The fraction of sp³-hybridized carbons (Fsp3) is 0.450. The van der Waals surface area contributed by atoms with Gasteiger partial charge in [0.25, 0.3) is 0 Å². The van der Waals surface area contributed by atoms with Crippen LogP contribution in [0.1, 0.15) is 31.0 Å². The Morgan fingerprint density at radius 1 is 1.25 bits per heavy atom. The Bertz CT molecular complexity index is 894. The minimum Gasteiger partial charge on any atom is -0.497 e. The molecule has 1 N–H and O–H groups in total. The normalized spacial score (nSPS) is 18.6. The number of carbonyl (C=O) groups excluding carboxylic acids is 2. The van der Waals surface area contributed by atoms with E-state index in [0.717, 1.165) is 47.0 Å². The molecule has 1 atom stereocenters. The van der Waals surface area contributed by atoms with Crippen molar-refractivity contribution >= 4 is 29.4 Å². The zero-order valence-corrected chi connectivity index (χ0v) is 16.9. The highest BCUT2D eigenvalue weighted by atomic mass is 32.2. The highest BCUT2D eigenvalue weighted by Gasteiger charge is 2.30. The molecule has 1 saturated heterocycles. The van der Waals surface area contributed by atoms with Crippen molar-refractivity contribution in [2.45, 2.75) is 31.3 Å². The van der Waals surface area contributed by atoms with E-state index >= 15 is 0 Å². The Labute approximate surface area is 168 Å². The van der Waals surface area contributed by atoms with E-state index in [9.17, 15) is 9.59 Å². The van der Waals surface area contributed by atoms with Gasteiger partial charge in [-0.15, -0.1) is 0 Å². The number of carbonyl (C=O) groups is 2. The van der Waals surface area contributed by atoms with Crippen LogP contribution in [0.25, 0.3) is 5.69 Å². The summed E-state index contributed by atoms with van der Waals surface area (Å²) in [5.41, 5.74) is 2.76. The average molecular weight is 401 g/mol. The topological polar surface area (TPSA) is 76.5 Å². The molecule has 2 aliphatic heterocycles. The lowest BCUT2D eigenvalue weighted by molar-refractivity contribution is -0.144. The standard InChI is InChI=1S/C20H24N4O3S/c1-13-4-3-9-23(10-13)20(26)19(25)21-18-16-11-28-12-17(16)22-24(18)14-5-7-15(27-2)8-6-14/h5-8,13H,3-4,9-12H2,1-2H3,(H,21,25)/t13-/m0/s1. The summed E-state index contributed by atoms with van der Waals surface area (Å²) in [4.78, 5) is 27.1. The van der Waals surface area contributed by atoms with Gasteiger partial charge in [0.05, 0.1) is 18.5 Å². The molecule has 28 heavy (non-hydrogen) atoms. The first-order chi connectivity index (χ1) is 13.6. The van der Waals surface area contributed by atoms with Crippen molar-refractivity contribution in [3.05, 3.63) is 35.5 Å². The number of anilines is 1. The SMILES string of the molecule is COc1ccc(-n2nc3c(c2NC(=O)C(=O)N2CCC[C@H](C)C2)CSC3)cc1. The number of benzene rings is 1. The third-order valence-electron chi connectivity index (χ3n) is 5.24. The smallest absolute Gasteiger partial charge is 0.315 e. The van der Waals surface area contributed by atoms with Crippen LogP contribution in [0, 0.1) is 5.92 Å². The van der Waals surface area contributed by atoms with E-state index in [-0.39, 0.29) is 0 Å². The van der Waals surface area contributed by atoms with Crippen LogP contribution in [0.3, 0.4) is 0 Å². The molecule has 0 aliphatic carbocycles. The fourth-order valence-corrected chi connectivity index (χ4v) is 4.76. The van der Waals surface area contributed by atoms with Crippen LogP contribution in [0.2, 0.25) is 0 Å². The maximum absolute atomic E-state index is 12.7. The molecule has 148 valence electrons. The molecule has 0 spiro atoms. The Balaban J connectivity index is 1.59. The van der Waals surface area contributed by atoms with Gasteiger partial charge in [0.2, 0.25) is 0 Å². The molecule has 1 aromatic carbocycles. The maximum Gasteiger partial charge on any atom is 0.315 e. The predicted octanol–water partition coefficient (Wildman–Crippen LogP) is 2.82. The molecule has 7 nitrogen and oxygen atoms in total. The van der Waals surface area contributed by atoms with Crippen molar-refractivity contribution in [1.29, 1.82) is 0 Å². The van der Waals surface area contributed by atoms with E-state index in [2.05, 4.69) is 17.3 Å². The predicted molar refractivity (Wildman–Crippen MR) is 109 cm³/mol. The van der Waals surface area contributed by atoms with Gasteiger partial charge in [0.15, 0.2) is 0 Å². The fourth-order valence-electron chi connectivity index (χ4n) is 3.73. The second kappa shape index (κ2) is 7.87. The number of ether oxygens (including phenoxy) is 1. The average Bonchev–Trinajstić information content (AvgIpc) is 3.30. The highest BCUT2D eigenvalue weighted by molar-refractivity contribution is 7.98. The lowest BCUT2D eigenvalue weighted by atomic mass is 10.0. The van der Waals surface area contributed by atoms with E-state index in [0.29, 0.717) is 24.8 Å². The third kappa shape index (κ3) is 3.61. The molecule has 2 aromatic rings. The molecular formula is C20H24N4O3S. The quantitative estimate of drug-likeness (QED) is 0.802. The molecular weight excluding hydrogens is 376 g/mol. The molecule has 0 saturated carbocycles. The van der Waals surface area contributed by atoms with Crippen molar-refractivity contribution in [3.8, 4) is 11.4 Å². The molecule has 0 unspecified atom stereocenters. The third-order valence-corrected chi connectivity index (χ3v) is 6.21. The van der Waals surface area contributed by atoms with Crippen LogP contribution in [0.15, 0.2) is 24.3 Å². The summed E-state index contributed by atoms with van der Waals surface area (Å²) in [5, 5.41) is 7.52. The largest absolute Gasteiger partial charge is 0.497 e. The van der Waals surface area contributed by atoms with Crippen LogP contribution in [0.5, 0.6) is 5.75 Å². The van der Waals surface area contributed by atoms with Gasteiger partial charge in [-0.05, 0) is 43.0 Å². The second-order valence-electron chi connectivity index (χ2n) is 7.33. The monoisotopic (exact) mass is 400 g/mol. The number of hydrogen-bond donors (Lipinski definition) is 1. The van der Waals surface area contributed by atoms with Gasteiger partial charge < -0.3 is 15.0 Å². The Morgan fingerprint density at radius 3 is 2.75 bits per heavy atom. The minimum absolute atomic E-state index is 0.427. The first-order valence-corrected chi connectivity index (χ1v) is 10.7. The van der Waals surface area contributed by atoms with Gasteiger partial charge >= 0.3 is 11.8 Å². The molecule has 0 radical (unpaired) electrons. The number of hydrogen-bond acceptors (Lipinski definition) is 5. The number of nitrogens with zero attached hydrogens (tertiary/aromatic N) is 3. The minimum atomic E-state index is -0.594. The van der Waals surface area contributed by atoms with Gasteiger partial charge in [-0.2, -0.15) is 16.9 Å². The van der Waals surface area contributed by atoms with Crippen LogP contribution in [-0.2, 0) is 21.1 Å². The van der Waals surface area contributed by atoms with E-state index in [4.69, 9.17) is 4.74 Å². The van der Waals surface area contributed by atoms with Gasteiger partial charge in [-0.25, -0.2) is 4.68 Å². The van der Waals surface area contributed by atoms with Crippen molar-refractivity contribution in [3.63, 3.8) is 0 Å². The van der Waals surface area contributed by atoms with E-state index < -0.39 is 11.8 Å². The summed E-state index contributed by atoms with van der Waals surface area (Å²) in [7, 11) is 1.62. The Morgan fingerprint density at radius 2 is 2.04 bits per heavy atom. The van der Waals surface area contributed by atoms with Crippen molar-refractivity contribution in [2.24, 2.45) is 5.92 Å². The van der Waals surface area contributed by atoms with Crippen LogP contribution in [-0.4, -0.2) is 46.7 Å². The number of likely N-dealkylation sites (tertiary alicyclic amines) is 1. The summed E-state index contributed by atoms with van der Waals surface area (Å²) < 4.78 is 6.93. The second-order valence-corrected chi connectivity index (χ2v) is 8.31. The summed E-state index contributed by atoms with van der Waals surface area (Å²) in [6, 6.07) is 7.47. The molecule has 3 heterocycles. The lowest BCUT2D eigenvalue weighted by Crippen LogP contribution is -2.45. The number of thioether (sulfide) groups is 1. The molecule has 2 amide bonds. The maximum atomic E-state index is 12.7. The summed E-state index contributed by atoms with van der Waals surface area (Å²) in [5.74, 6) is 2.29. The van der Waals surface area contributed by atoms with Crippen LogP contribution < -0.4 is 10.1 Å². The molecule has 8 heteroatoms. The summed E-state index contributed by atoms with van der Waals surface area (Å²) >= 11 is 1.76. The summed E-state index contributed by atoms with van der Waals surface area (Å²) in [6.45, 7) is 3.39.